The maximum Gasteiger partial charge on any atom is 0.325 e. The molecule has 1 saturated heterocycles. The number of carboxylic acids is 1. The van der Waals surface area contributed by atoms with Crippen molar-refractivity contribution < 1.29 is 9.90 Å². The Morgan fingerprint density at radius 2 is 2.62 bits per heavy atom. The summed E-state index contributed by atoms with van der Waals surface area (Å²) in [4.78, 5) is 11.1. The molecule has 0 aromatic carbocycles. The molecule has 1 aliphatic heterocycles. The van der Waals surface area contributed by atoms with Crippen LogP contribution in [0.2, 0.25) is 0 Å². The molecule has 74 valence electrons. The van der Waals surface area contributed by atoms with Gasteiger partial charge in [-0.15, -0.1) is 6.58 Å². The Labute approximate surface area is 82.6 Å². The fourth-order valence-electron chi connectivity index (χ4n) is 1.59. The lowest BCUT2D eigenvalue weighted by molar-refractivity contribution is -0.144. The summed E-state index contributed by atoms with van der Waals surface area (Å²) in [5.74, 6) is 0.171. The molecule has 13 heavy (non-hydrogen) atoms. The van der Waals surface area contributed by atoms with Gasteiger partial charge in [-0.05, 0) is 12.2 Å². The summed E-state index contributed by atoms with van der Waals surface area (Å²) in [5.41, 5.74) is -0.737. The Balaban J connectivity index is 2.74. The summed E-state index contributed by atoms with van der Waals surface area (Å²) in [7, 11) is 0. The minimum absolute atomic E-state index is 0.130. The highest BCUT2D eigenvalue weighted by atomic mass is 32.2. The molecule has 1 rings (SSSR count). The largest absolute Gasteiger partial charge is 0.480 e. The van der Waals surface area contributed by atoms with Crippen molar-refractivity contribution >= 4 is 17.7 Å². The lowest BCUT2D eigenvalue weighted by Crippen LogP contribution is -2.56. The number of nitrogens with one attached hydrogen (secondary N) is 1. The summed E-state index contributed by atoms with van der Waals surface area (Å²) in [6.07, 6.45) is 2.39. The van der Waals surface area contributed by atoms with Crippen molar-refractivity contribution in [3.63, 3.8) is 0 Å². The van der Waals surface area contributed by atoms with Crippen LogP contribution in [-0.2, 0) is 4.79 Å². The van der Waals surface area contributed by atoms with Gasteiger partial charge >= 0.3 is 5.97 Å². The Bertz CT molecular complexity index is 220. The third kappa shape index (κ3) is 1.89. The molecule has 0 aliphatic carbocycles. The van der Waals surface area contributed by atoms with E-state index in [0.29, 0.717) is 13.0 Å². The maximum atomic E-state index is 11.1. The topological polar surface area (TPSA) is 49.3 Å². The minimum Gasteiger partial charge on any atom is -0.480 e. The van der Waals surface area contributed by atoms with Crippen molar-refractivity contribution in [1.29, 1.82) is 0 Å². The van der Waals surface area contributed by atoms with E-state index in [0.717, 1.165) is 5.75 Å². The zero-order valence-electron chi connectivity index (χ0n) is 7.75. The van der Waals surface area contributed by atoms with Gasteiger partial charge in [-0.1, -0.05) is 13.0 Å². The second-order valence-corrected chi connectivity index (χ2v) is 4.66. The van der Waals surface area contributed by atoms with Crippen molar-refractivity contribution in [3.8, 4) is 0 Å². The van der Waals surface area contributed by atoms with Crippen LogP contribution in [0.3, 0.4) is 0 Å². The molecular weight excluding hydrogens is 186 g/mol. The van der Waals surface area contributed by atoms with E-state index in [1.54, 1.807) is 17.8 Å². The third-order valence-electron chi connectivity index (χ3n) is 2.50. The molecule has 0 aromatic heterocycles. The highest BCUT2D eigenvalue weighted by Gasteiger charge is 2.46. The number of thioether (sulfide) groups is 1. The number of carboxylic acid groups (broad SMARTS) is 1. The van der Waals surface area contributed by atoms with Gasteiger partial charge in [0, 0.05) is 11.8 Å². The van der Waals surface area contributed by atoms with Crippen molar-refractivity contribution in [1.82, 2.24) is 5.32 Å². The SMILES string of the molecule is C=CCNC1(C(=O)O)CCSC1C. The summed E-state index contributed by atoms with van der Waals surface area (Å²) in [5, 5.41) is 12.3. The second kappa shape index (κ2) is 4.15. The van der Waals surface area contributed by atoms with E-state index in [9.17, 15) is 4.79 Å². The quantitative estimate of drug-likeness (QED) is 0.669. The monoisotopic (exact) mass is 201 g/mol. The molecule has 4 heteroatoms. The van der Waals surface area contributed by atoms with Gasteiger partial charge in [0.1, 0.15) is 5.54 Å². The molecule has 1 fully saturated rings. The van der Waals surface area contributed by atoms with Crippen LogP contribution < -0.4 is 5.32 Å². The predicted octanol–water partition coefficient (Wildman–Crippen LogP) is 1.11. The van der Waals surface area contributed by atoms with Gasteiger partial charge in [0.15, 0.2) is 0 Å². The van der Waals surface area contributed by atoms with Crippen LogP contribution in [0.15, 0.2) is 12.7 Å². The minimum atomic E-state index is -0.744. The van der Waals surface area contributed by atoms with Gasteiger partial charge < -0.3 is 5.11 Å². The lowest BCUT2D eigenvalue weighted by atomic mass is 9.93. The van der Waals surface area contributed by atoms with Gasteiger partial charge in [0.05, 0.1) is 0 Å². The highest BCUT2D eigenvalue weighted by molar-refractivity contribution is 8.00. The first-order valence-corrected chi connectivity index (χ1v) is 5.39. The molecule has 1 aliphatic rings. The zero-order valence-corrected chi connectivity index (χ0v) is 8.56. The molecule has 2 unspecified atom stereocenters. The number of rotatable bonds is 4. The molecule has 0 aromatic rings. The van der Waals surface area contributed by atoms with Crippen LogP contribution in [0, 0.1) is 0 Å². The Morgan fingerprint density at radius 3 is 3.00 bits per heavy atom. The first kappa shape index (κ1) is 10.6. The summed E-state index contributed by atoms with van der Waals surface area (Å²) in [6.45, 7) is 6.09. The normalized spacial score (nSPS) is 33.2. The zero-order chi connectivity index (χ0) is 9.90. The van der Waals surface area contributed by atoms with Crippen molar-refractivity contribution in [2.24, 2.45) is 0 Å². The second-order valence-electron chi connectivity index (χ2n) is 3.21. The average Bonchev–Trinajstić information content (AvgIpc) is 2.45. The van der Waals surface area contributed by atoms with E-state index in [4.69, 9.17) is 5.11 Å². The Hall–Kier alpha value is -0.480. The molecule has 1 heterocycles. The predicted molar refractivity (Wildman–Crippen MR) is 55.1 cm³/mol. The summed E-state index contributed by atoms with van der Waals surface area (Å²) < 4.78 is 0. The Morgan fingerprint density at radius 1 is 1.92 bits per heavy atom. The van der Waals surface area contributed by atoms with Crippen LogP contribution in [0.25, 0.3) is 0 Å². The van der Waals surface area contributed by atoms with Crippen molar-refractivity contribution in [3.05, 3.63) is 12.7 Å². The molecule has 0 bridgehead atoms. The summed E-state index contributed by atoms with van der Waals surface area (Å²) in [6, 6.07) is 0. The van der Waals surface area contributed by atoms with E-state index < -0.39 is 11.5 Å². The number of hydrogen-bond donors (Lipinski definition) is 2. The Kier molecular flexibility index (Phi) is 3.39. The molecular formula is C9H15NO2S. The van der Waals surface area contributed by atoms with Gasteiger partial charge in [-0.2, -0.15) is 11.8 Å². The van der Waals surface area contributed by atoms with Gasteiger partial charge in [0.25, 0.3) is 0 Å². The van der Waals surface area contributed by atoms with Crippen molar-refractivity contribution in [2.45, 2.75) is 24.1 Å². The van der Waals surface area contributed by atoms with Gasteiger partial charge in [0.2, 0.25) is 0 Å². The van der Waals surface area contributed by atoms with Crippen LogP contribution in [-0.4, -0.2) is 34.2 Å². The fraction of sp³-hybridized carbons (Fsp3) is 0.667. The molecule has 2 N–H and O–H groups in total. The number of carbonyl (C=O) groups is 1. The lowest BCUT2D eigenvalue weighted by Gasteiger charge is -2.28. The van der Waals surface area contributed by atoms with Crippen molar-refractivity contribution in [2.75, 3.05) is 12.3 Å². The van der Waals surface area contributed by atoms with E-state index in [1.807, 2.05) is 6.92 Å². The molecule has 0 saturated carbocycles. The maximum absolute atomic E-state index is 11.1. The molecule has 0 radical (unpaired) electrons. The van der Waals surface area contributed by atoms with E-state index in [-0.39, 0.29) is 5.25 Å². The smallest absolute Gasteiger partial charge is 0.325 e. The van der Waals surface area contributed by atoms with Gasteiger partial charge in [-0.25, -0.2) is 0 Å². The first-order chi connectivity index (χ1) is 6.13. The van der Waals surface area contributed by atoms with Crippen LogP contribution in [0.4, 0.5) is 0 Å². The standard InChI is InChI=1S/C9H15NO2S/c1-3-5-10-9(8(11)12)4-6-13-7(9)2/h3,7,10H,1,4-6H2,2H3,(H,11,12). The number of hydrogen-bond acceptors (Lipinski definition) is 3. The third-order valence-corrected chi connectivity index (χ3v) is 3.84. The van der Waals surface area contributed by atoms with Crippen LogP contribution in [0.1, 0.15) is 13.3 Å². The van der Waals surface area contributed by atoms with E-state index >= 15 is 0 Å². The molecule has 0 amide bonds. The van der Waals surface area contributed by atoms with Crippen LogP contribution >= 0.6 is 11.8 Å². The fourth-order valence-corrected chi connectivity index (χ4v) is 2.96. The molecule has 2 atom stereocenters. The van der Waals surface area contributed by atoms with E-state index in [2.05, 4.69) is 11.9 Å². The molecule has 0 spiro atoms. The van der Waals surface area contributed by atoms with E-state index in [1.165, 1.54) is 0 Å². The highest BCUT2D eigenvalue weighted by Crippen LogP contribution is 2.35. The van der Waals surface area contributed by atoms with Crippen LogP contribution in [0.5, 0.6) is 0 Å². The average molecular weight is 201 g/mol. The number of aliphatic carboxylic acids is 1. The summed E-state index contributed by atoms with van der Waals surface area (Å²) >= 11 is 1.71. The first-order valence-electron chi connectivity index (χ1n) is 4.34. The molecule has 3 nitrogen and oxygen atoms in total. The van der Waals surface area contributed by atoms with Gasteiger partial charge in [-0.3, -0.25) is 10.1 Å².